The van der Waals surface area contributed by atoms with Crippen LogP contribution in [0.3, 0.4) is 0 Å². The number of aromatic nitrogens is 1. The zero-order chi connectivity index (χ0) is 26.8. The highest BCUT2D eigenvalue weighted by atomic mass is 28.4. The SMILES string of the molecule is CC(C)(C)[Si](C)(C)OCC1COc2cc(O[C@@H](c3ccncc3)c3ccc(C(N)=O)cc3)ccc2C1=O. The molecule has 8 heteroatoms. The predicted octanol–water partition coefficient (Wildman–Crippen LogP) is 5.56. The number of rotatable bonds is 8. The van der Waals surface area contributed by atoms with Crippen molar-refractivity contribution in [3.05, 3.63) is 89.2 Å². The number of nitrogens with zero attached hydrogens (tertiary/aromatic N) is 1. The lowest BCUT2D eigenvalue weighted by Crippen LogP contribution is -2.44. The molecule has 2 aromatic carbocycles. The molecule has 7 nitrogen and oxygen atoms in total. The van der Waals surface area contributed by atoms with Crippen LogP contribution in [-0.2, 0) is 4.43 Å². The molecule has 37 heavy (non-hydrogen) atoms. The van der Waals surface area contributed by atoms with E-state index in [1.54, 1.807) is 42.7 Å². The first-order chi connectivity index (χ1) is 17.5. The van der Waals surface area contributed by atoms with Gasteiger partial charge in [0.05, 0.1) is 11.5 Å². The summed E-state index contributed by atoms with van der Waals surface area (Å²) in [5, 5.41) is 0.0707. The molecule has 3 aromatic rings. The molecule has 2 heterocycles. The molecule has 1 aliphatic rings. The van der Waals surface area contributed by atoms with E-state index in [1.165, 1.54) is 0 Å². The summed E-state index contributed by atoms with van der Waals surface area (Å²) >= 11 is 0. The molecule has 1 aliphatic heterocycles. The molecule has 1 aromatic heterocycles. The smallest absolute Gasteiger partial charge is 0.248 e. The van der Waals surface area contributed by atoms with Crippen molar-refractivity contribution in [1.82, 2.24) is 4.98 Å². The molecule has 194 valence electrons. The number of hydrogen-bond acceptors (Lipinski definition) is 6. The quantitative estimate of drug-likeness (QED) is 0.392. The Hall–Kier alpha value is -3.49. The molecule has 0 radical (unpaired) electrons. The Morgan fingerprint density at radius 1 is 1.08 bits per heavy atom. The first-order valence-corrected chi connectivity index (χ1v) is 15.3. The molecule has 0 bridgehead atoms. The van der Waals surface area contributed by atoms with Gasteiger partial charge in [-0.1, -0.05) is 32.9 Å². The number of primary amides is 1. The molecular weight excluding hydrogens is 484 g/mol. The number of Topliss-reactive ketones (excluding diaryl/α,β-unsaturated/α-hetero) is 1. The van der Waals surface area contributed by atoms with Gasteiger partial charge in [0.1, 0.15) is 24.2 Å². The van der Waals surface area contributed by atoms with Crippen LogP contribution in [0.25, 0.3) is 0 Å². The zero-order valence-electron chi connectivity index (χ0n) is 22.0. The number of hydrogen-bond donors (Lipinski definition) is 1. The van der Waals surface area contributed by atoms with Crippen molar-refractivity contribution in [2.45, 2.75) is 45.0 Å². The fourth-order valence-corrected chi connectivity index (χ4v) is 4.91. The van der Waals surface area contributed by atoms with E-state index in [0.29, 0.717) is 29.2 Å². The van der Waals surface area contributed by atoms with Gasteiger partial charge in [0.25, 0.3) is 0 Å². The Balaban J connectivity index is 1.54. The molecule has 0 saturated carbocycles. The van der Waals surface area contributed by atoms with Crippen LogP contribution in [0, 0.1) is 5.92 Å². The molecule has 0 fully saturated rings. The van der Waals surface area contributed by atoms with E-state index in [2.05, 4.69) is 38.8 Å². The number of pyridine rings is 1. The van der Waals surface area contributed by atoms with Crippen molar-refractivity contribution in [3.63, 3.8) is 0 Å². The van der Waals surface area contributed by atoms with E-state index in [4.69, 9.17) is 19.6 Å². The molecule has 4 rings (SSSR count). The van der Waals surface area contributed by atoms with Crippen molar-refractivity contribution in [2.75, 3.05) is 13.2 Å². The summed E-state index contributed by atoms with van der Waals surface area (Å²) in [4.78, 5) is 28.8. The van der Waals surface area contributed by atoms with Crippen LogP contribution >= 0.6 is 0 Å². The minimum Gasteiger partial charge on any atom is -0.492 e. The molecule has 1 unspecified atom stereocenters. The highest BCUT2D eigenvalue weighted by Crippen LogP contribution is 2.38. The minimum atomic E-state index is -1.97. The topological polar surface area (TPSA) is 101 Å². The van der Waals surface area contributed by atoms with Crippen LogP contribution in [-0.4, -0.2) is 38.2 Å². The van der Waals surface area contributed by atoms with Crippen molar-refractivity contribution in [3.8, 4) is 11.5 Å². The van der Waals surface area contributed by atoms with Gasteiger partial charge in [0.2, 0.25) is 5.91 Å². The Morgan fingerprint density at radius 3 is 2.35 bits per heavy atom. The van der Waals surface area contributed by atoms with E-state index < -0.39 is 20.3 Å². The lowest BCUT2D eigenvalue weighted by Gasteiger charge is -2.37. The summed E-state index contributed by atoms with van der Waals surface area (Å²) in [5.74, 6) is 0.269. The fraction of sp³-hybridized carbons (Fsp3) is 0.345. The number of ketones is 1. The van der Waals surface area contributed by atoms with Gasteiger partial charge in [-0.25, -0.2) is 0 Å². The first kappa shape index (κ1) is 26.6. The summed E-state index contributed by atoms with van der Waals surface area (Å²) in [6.07, 6.45) is 2.93. The van der Waals surface area contributed by atoms with Crippen molar-refractivity contribution in [1.29, 1.82) is 0 Å². The summed E-state index contributed by atoms with van der Waals surface area (Å²) in [6.45, 7) is 11.5. The van der Waals surface area contributed by atoms with Gasteiger partial charge in [-0.3, -0.25) is 14.6 Å². The largest absolute Gasteiger partial charge is 0.492 e. The highest BCUT2D eigenvalue weighted by Gasteiger charge is 2.39. The third kappa shape index (κ3) is 5.92. The molecular formula is C29H34N2O5Si. The number of fused-ring (bicyclic) bond motifs is 1. The van der Waals surface area contributed by atoms with Gasteiger partial charge >= 0.3 is 0 Å². The van der Waals surface area contributed by atoms with Crippen LogP contribution in [0.15, 0.2) is 67.0 Å². The number of carbonyl (C=O) groups excluding carboxylic acids is 2. The highest BCUT2D eigenvalue weighted by molar-refractivity contribution is 6.74. The standard InChI is InChI=1S/C29H34N2O5Si/c1-29(2,3)37(4,5)35-18-22-17-34-25-16-23(10-11-24(25)26(22)32)36-27(20-12-14-31-15-13-20)19-6-8-21(9-7-19)28(30)33/h6-16,22,27H,17-18H2,1-5H3,(H2,30,33)/t22?,27-/m1/s1. The number of carbonyl (C=O) groups is 2. The maximum atomic E-state index is 13.2. The second-order valence-electron chi connectivity index (χ2n) is 10.9. The molecule has 2 atom stereocenters. The summed E-state index contributed by atoms with van der Waals surface area (Å²) < 4.78 is 18.7. The summed E-state index contributed by atoms with van der Waals surface area (Å²) in [6, 6.07) is 16.0. The Labute approximate surface area is 219 Å². The second kappa shape index (κ2) is 10.5. The van der Waals surface area contributed by atoms with Gasteiger partial charge in [-0.2, -0.15) is 0 Å². The third-order valence-corrected chi connectivity index (χ3v) is 11.7. The predicted molar refractivity (Wildman–Crippen MR) is 145 cm³/mol. The lowest BCUT2D eigenvalue weighted by molar-refractivity contribution is 0.0745. The second-order valence-corrected chi connectivity index (χ2v) is 15.7. The van der Waals surface area contributed by atoms with Gasteiger partial charge in [0.15, 0.2) is 14.1 Å². The van der Waals surface area contributed by atoms with Crippen LogP contribution in [0.5, 0.6) is 11.5 Å². The van der Waals surface area contributed by atoms with E-state index in [9.17, 15) is 9.59 Å². The van der Waals surface area contributed by atoms with Gasteiger partial charge in [-0.05, 0) is 65.7 Å². The zero-order valence-corrected chi connectivity index (χ0v) is 23.0. The number of benzene rings is 2. The van der Waals surface area contributed by atoms with E-state index >= 15 is 0 Å². The third-order valence-electron chi connectivity index (χ3n) is 7.24. The van der Waals surface area contributed by atoms with Crippen molar-refractivity contribution < 1.29 is 23.5 Å². The van der Waals surface area contributed by atoms with Crippen molar-refractivity contribution in [2.24, 2.45) is 11.7 Å². The molecule has 0 saturated heterocycles. The molecule has 0 spiro atoms. The Bertz CT molecular complexity index is 1270. The Kier molecular flexibility index (Phi) is 7.52. The van der Waals surface area contributed by atoms with Gasteiger partial charge < -0.3 is 19.6 Å². The maximum absolute atomic E-state index is 13.2. The lowest BCUT2D eigenvalue weighted by atomic mass is 9.95. The van der Waals surface area contributed by atoms with Gasteiger partial charge in [0, 0.05) is 30.6 Å². The normalized spacial score (nSPS) is 16.5. The molecule has 2 N–H and O–H groups in total. The Morgan fingerprint density at radius 2 is 1.73 bits per heavy atom. The van der Waals surface area contributed by atoms with Crippen LogP contribution in [0.2, 0.25) is 18.1 Å². The van der Waals surface area contributed by atoms with E-state index in [1.807, 2.05) is 24.3 Å². The van der Waals surface area contributed by atoms with Gasteiger partial charge in [-0.15, -0.1) is 0 Å². The van der Waals surface area contributed by atoms with Crippen LogP contribution in [0.4, 0.5) is 0 Å². The average molecular weight is 519 g/mol. The maximum Gasteiger partial charge on any atom is 0.248 e. The van der Waals surface area contributed by atoms with E-state index in [-0.39, 0.29) is 23.3 Å². The number of amides is 1. The average Bonchev–Trinajstić information content (AvgIpc) is 2.87. The first-order valence-electron chi connectivity index (χ1n) is 12.4. The van der Waals surface area contributed by atoms with Crippen LogP contribution in [0.1, 0.15) is 58.7 Å². The number of ether oxygens (including phenoxy) is 2. The number of nitrogens with two attached hydrogens (primary N) is 1. The minimum absolute atomic E-state index is 0.0271. The van der Waals surface area contributed by atoms with Crippen LogP contribution < -0.4 is 15.2 Å². The monoisotopic (exact) mass is 518 g/mol. The summed E-state index contributed by atoms with van der Waals surface area (Å²) in [5.41, 5.74) is 8.08. The molecule has 1 amide bonds. The van der Waals surface area contributed by atoms with Crippen molar-refractivity contribution >= 4 is 20.0 Å². The fourth-order valence-electron chi connectivity index (χ4n) is 3.86. The van der Waals surface area contributed by atoms with E-state index in [0.717, 1.165) is 11.1 Å². The molecule has 0 aliphatic carbocycles. The summed E-state index contributed by atoms with van der Waals surface area (Å²) in [7, 11) is -1.97.